The average Bonchev–Trinajstić information content (AvgIpc) is 2.27. The molecule has 3 N–H and O–H groups in total. The molecule has 1 aliphatic carbocycles. The summed E-state index contributed by atoms with van der Waals surface area (Å²) in [5, 5.41) is 11.0. The van der Waals surface area contributed by atoms with Crippen molar-refractivity contribution < 1.29 is 5.11 Å². The molecule has 1 heterocycles. The van der Waals surface area contributed by atoms with E-state index in [-0.39, 0.29) is 5.92 Å². The van der Waals surface area contributed by atoms with Crippen molar-refractivity contribution in [2.24, 2.45) is 11.8 Å². The zero-order valence-corrected chi connectivity index (χ0v) is 10.9. The summed E-state index contributed by atoms with van der Waals surface area (Å²) in [6.45, 7) is 6.28. The molecule has 3 unspecified atom stereocenters. The minimum atomic E-state index is -0.805. The molecule has 94 valence electrons. The normalized spacial score (nSPS) is 33.6. The van der Waals surface area contributed by atoms with Crippen molar-refractivity contribution in [3.05, 3.63) is 23.4 Å². The summed E-state index contributed by atoms with van der Waals surface area (Å²) in [7, 11) is 0. The Bertz CT molecular complexity index is 419. The maximum atomic E-state index is 11.0. The van der Waals surface area contributed by atoms with Crippen molar-refractivity contribution in [1.29, 1.82) is 0 Å². The smallest absolute Gasteiger partial charge is 0.129 e. The van der Waals surface area contributed by atoms with E-state index in [4.69, 9.17) is 5.73 Å². The van der Waals surface area contributed by atoms with Crippen LogP contribution >= 0.6 is 0 Å². The van der Waals surface area contributed by atoms with Gasteiger partial charge >= 0.3 is 0 Å². The number of aromatic nitrogens is 1. The van der Waals surface area contributed by atoms with Gasteiger partial charge in [-0.1, -0.05) is 20.3 Å². The van der Waals surface area contributed by atoms with Crippen molar-refractivity contribution in [2.75, 3.05) is 5.73 Å². The number of nitrogens with zero attached hydrogens (tertiary/aromatic N) is 1. The summed E-state index contributed by atoms with van der Waals surface area (Å²) in [6, 6.07) is 1.98. The zero-order chi connectivity index (χ0) is 12.6. The second kappa shape index (κ2) is 4.30. The highest BCUT2D eigenvalue weighted by Crippen LogP contribution is 2.45. The van der Waals surface area contributed by atoms with Crippen LogP contribution in [0.15, 0.2) is 12.3 Å². The van der Waals surface area contributed by atoms with Gasteiger partial charge in [0.05, 0.1) is 5.60 Å². The molecule has 1 saturated carbocycles. The van der Waals surface area contributed by atoms with E-state index in [0.717, 1.165) is 24.0 Å². The summed E-state index contributed by atoms with van der Waals surface area (Å²) >= 11 is 0. The van der Waals surface area contributed by atoms with Crippen LogP contribution in [0.1, 0.15) is 44.2 Å². The molecule has 0 radical (unpaired) electrons. The highest BCUT2D eigenvalue weighted by Gasteiger charge is 2.41. The number of anilines is 1. The second-order valence-electron chi connectivity index (χ2n) is 5.66. The van der Waals surface area contributed by atoms with Crippen molar-refractivity contribution in [3.8, 4) is 0 Å². The van der Waals surface area contributed by atoms with E-state index >= 15 is 0 Å². The Morgan fingerprint density at radius 2 is 2.12 bits per heavy atom. The summed E-state index contributed by atoms with van der Waals surface area (Å²) < 4.78 is 0. The molecule has 17 heavy (non-hydrogen) atoms. The molecule has 1 fully saturated rings. The molecule has 0 saturated heterocycles. The number of aliphatic hydroxyl groups is 1. The Labute approximate surface area is 103 Å². The van der Waals surface area contributed by atoms with Crippen molar-refractivity contribution in [2.45, 2.75) is 45.6 Å². The van der Waals surface area contributed by atoms with Gasteiger partial charge in [0.15, 0.2) is 0 Å². The van der Waals surface area contributed by atoms with E-state index in [1.54, 1.807) is 6.20 Å². The first-order valence-electron chi connectivity index (χ1n) is 6.38. The lowest BCUT2D eigenvalue weighted by Gasteiger charge is -2.41. The Balaban J connectivity index is 2.45. The standard InChI is InChI=1S/C14H22N2O/c1-9-4-5-11(3)14(17,7-9)12-6-10(2)8-16-13(12)15/h6,8-9,11,17H,4-5,7H2,1-3H3,(H2,15,16). The summed E-state index contributed by atoms with van der Waals surface area (Å²) in [5.41, 5.74) is 7.00. The minimum absolute atomic E-state index is 0.240. The summed E-state index contributed by atoms with van der Waals surface area (Å²) in [5.74, 6) is 1.25. The number of aryl methyl sites for hydroxylation is 1. The maximum absolute atomic E-state index is 11.0. The van der Waals surface area contributed by atoms with Gasteiger partial charge in [0.2, 0.25) is 0 Å². The maximum Gasteiger partial charge on any atom is 0.129 e. The molecule has 1 aliphatic rings. The summed E-state index contributed by atoms with van der Waals surface area (Å²) in [6.07, 6.45) is 4.76. The van der Waals surface area contributed by atoms with Gasteiger partial charge in [-0.05, 0) is 43.2 Å². The van der Waals surface area contributed by atoms with Gasteiger partial charge in [-0.2, -0.15) is 0 Å². The van der Waals surface area contributed by atoms with Crippen LogP contribution in [0.2, 0.25) is 0 Å². The fourth-order valence-electron chi connectivity index (χ4n) is 2.91. The van der Waals surface area contributed by atoms with Crippen LogP contribution in [0.4, 0.5) is 5.82 Å². The number of nitrogens with two attached hydrogens (primary N) is 1. The number of rotatable bonds is 1. The van der Waals surface area contributed by atoms with Crippen LogP contribution in [-0.4, -0.2) is 10.1 Å². The molecule has 3 nitrogen and oxygen atoms in total. The van der Waals surface area contributed by atoms with E-state index in [2.05, 4.69) is 18.8 Å². The SMILES string of the molecule is Cc1cnc(N)c(C2(O)CC(C)CCC2C)c1. The third kappa shape index (κ3) is 2.16. The molecule has 0 amide bonds. The van der Waals surface area contributed by atoms with E-state index in [0.29, 0.717) is 11.7 Å². The fraction of sp³-hybridized carbons (Fsp3) is 0.643. The number of pyridine rings is 1. The molecular weight excluding hydrogens is 212 g/mol. The van der Waals surface area contributed by atoms with E-state index in [9.17, 15) is 5.11 Å². The molecular formula is C14H22N2O. The molecule has 1 aromatic heterocycles. The third-order valence-electron chi connectivity index (χ3n) is 4.09. The van der Waals surface area contributed by atoms with Gasteiger partial charge in [-0.15, -0.1) is 0 Å². The fourth-order valence-corrected chi connectivity index (χ4v) is 2.91. The lowest BCUT2D eigenvalue weighted by atomic mass is 9.69. The molecule has 0 aromatic carbocycles. The van der Waals surface area contributed by atoms with Gasteiger partial charge in [0.25, 0.3) is 0 Å². The number of hydrogen-bond donors (Lipinski definition) is 2. The molecule has 2 rings (SSSR count). The van der Waals surface area contributed by atoms with E-state index in [1.165, 1.54) is 6.42 Å². The van der Waals surface area contributed by atoms with Crippen molar-refractivity contribution >= 4 is 5.82 Å². The largest absolute Gasteiger partial charge is 0.385 e. The molecule has 1 aromatic rings. The van der Waals surface area contributed by atoms with Crippen LogP contribution in [0.5, 0.6) is 0 Å². The first-order chi connectivity index (χ1) is 7.93. The van der Waals surface area contributed by atoms with Crippen LogP contribution in [-0.2, 0) is 5.60 Å². The third-order valence-corrected chi connectivity index (χ3v) is 4.09. The predicted molar refractivity (Wildman–Crippen MR) is 69.5 cm³/mol. The van der Waals surface area contributed by atoms with E-state index < -0.39 is 5.60 Å². The summed E-state index contributed by atoms with van der Waals surface area (Å²) in [4.78, 5) is 4.18. The van der Waals surface area contributed by atoms with Gasteiger partial charge < -0.3 is 10.8 Å². The second-order valence-corrected chi connectivity index (χ2v) is 5.66. The highest BCUT2D eigenvalue weighted by molar-refractivity contribution is 5.45. The molecule has 3 atom stereocenters. The van der Waals surface area contributed by atoms with Gasteiger partial charge in [-0.25, -0.2) is 4.98 Å². The lowest BCUT2D eigenvalue weighted by Crippen LogP contribution is -2.40. The number of hydrogen-bond acceptors (Lipinski definition) is 3. The lowest BCUT2D eigenvalue weighted by molar-refractivity contribution is -0.0623. The quantitative estimate of drug-likeness (QED) is 0.785. The average molecular weight is 234 g/mol. The van der Waals surface area contributed by atoms with Crippen molar-refractivity contribution in [3.63, 3.8) is 0 Å². The first-order valence-corrected chi connectivity index (χ1v) is 6.38. The molecule has 0 spiro atoms. The zero-order valence-electron chi connectivity index (χ0n) is 10.9. The predicted octanol–water partition coefficient (Wildman–Crippen LogP) is 2.62. The number of nitrogen functional groups attached to an aromatic ring is 1. The Hall–Kier alpha value is -1.09. The van der Waals surface area contributed by atoms with E-state index in [1.807, 2.05) is 13.0 Å². The Morgan fingerprint density at radius 1 is 1.41 bits per heavy atom. The first kappa shape index (κ1) is 12.4. The van der Waals surface area contributed by atoms with Gasteiger partial charge in [0.1, 0.15) is 5.82 Å². The van der Waals surface area contributed by atoms with Crippen molar-refractivity contribution in [1.82, 2.24) is 4.98 Å². The monoisotopic (exact) mass is 234 g/mol. The Kier molecular flexibility index (Phi) is 3.13. The van der Waals surface area contributed by atoms with Crippen LogP contribution < -0.4 is 5.73 Å². The molecule has 3 heteroatoms. The van der Waals surface area contributed by atoms with Crippen LogP contribution in [0.3, 0.4) is 0 Å². The minimum Gasteiger partial charge on any atom is -0.385 e. The topological polar surface area (TPSA) is 59.1 Å². The molecule has 0 bridgehead atoms. The Morgan fingerprint density at radius 3 is 2.82 bits per heavy atom. The highest BCUT2D eigenvalue weighted by atomic mass is 16.3. The van der Waals surface area contributed by atoms with Gasteiger partial charge in [0, 0.05) is 11.8 Å². The van der Waals surface area contributed by atoms with Crippen LogP contribution in [0.25, 0.3) is 0 Å². The molecule has 0 aliphatic heterocycles. The van der Waals surface area contributed by atoms with Crippen LogP contribution in [0, 0.1) is 18.8 Å². The van der Waals surface area contributed by atoms with Gasteiger partial charge in [-0.3, -0.25) is 0 Å².